The molecule has 0 aromatic rings. The fraction of sp³-hybridized carbons (Fsp3) is 0.733. The zero-order valence-electron chi connectivity index (χ0n) is 13.2. The maximum absolute atomic E-state index is 11.7. The molecule has 0 aromatic heterocycles. The first-order valence-electron chi connectivity index (χ1n) is 7.86. The molecule has 3 rings (SSSR count). The van der Waals surface area contributed by atoms with Gasteiger partial charge in [-0.25, -0.2) is 19.6 Å². The van der Waals surface area contributed by atoms with Crippen LogP contribution in [0.3, 0.4) is 0 Å². The van der Waals surface area contributed by atoms with Crippen LogP contribution < -0.4 is 0 Å². The van der Waals surface area contributed by atoms with Gasteiger partial charge in [0.2, 0.25) is 0 Å². The van der Waals surface area contributed by atoms with Crippen molar-refractivity contribution in [2.75, 3.05) is 26.4 Å². The molecule has 1 aliphatic carbocycles. The third kappa shape index (κ3) is 2.89. The molecule has 0 unspecified atom stereocenters. The zero-order chi connectivity index (χ0) is 16.4. The van der Waals surface area contributed by atoms with Crippen LogP contribution in [0.1, 0.15) is 26.7 Å². The Morgan fingerprint density at radius 1 is 1.00 bits per heavy atom. The Labute approximate surface area is 133 Å². The molecular formula is C15H20N2O6. The van der Waals surface area contributed by atoms with E-state index in [1.165, 1.54) is 0 Å². The molecule has 2 heterocycles. The highest BCUT2D eigenvalue weighted by Gasteiger charge is 2.59. The van der Waals surface area contributed by atoms with Crippen LogP contribution in [0.5, 0.6) is 0 Å². The molecule has 0 bridgehead atoms. The van der Waals surface area contributed by atoms with Gasteiger partial charge in [0.1, 0.15) is 18.6 Å². The number of aliphatic imine (C=N–C) groups is 2. The lowest BCUT2D eigenvalue weighted by molar-refractivity contribution is -0.145. The number of carbonyl (C=O) groups is 2. The van der Waals surface area contributed by atoms with Crippen LogP contribution in [-0.2, 0) is 28.5 Å². The SMILES string of the molecule is CCOC(=O)[C@H]1COC(C2(C3=N[C@@H](C(=O)OCC)CO3)CC2)=N1. The van der Waals surface area contributed by atoms with Gasteiger partial charge in [-0.1, -0.05) is 0 Å². The highest BCUT2D eigenvalue weighted by molar-refractivity contribution is 6.10. The first kappa shape index (κ1) is 15.8. The summed E-state index contributed by atoms with van der Waals surface area (Å²) in [4.78, 5) is 32.2. The highest BCUT2D eigenvalue weighted by Crippen LogP contribution is 2.51. The molecule has 8 nitrogen and oxygen atoms in total. The van der Waals surface area contributed by atoms with Crippen LogP contribution in [0.2, 0.25) is 0 Å². The van der Waals surface area contributed by atoms with Gasteiger partial charge < -0.3 is 18.9 Å². The fourth-order valence-corrected chi connectivity index (χ4v) is 2.63. The summed E-state index contributed by atoms with van der Waals surface area (Å²) < 4.78 is 21.1. The summed E-state index contributed by atoms with van der Waals surface area (Å²) in [5.41, 5.74) is -0.525. The van der Waals surface area contributed by atoms with E-state index < -0.39 is 29.4 Å². The molecule has 2 atom stereocenters. The maximum atomic E-state index is 11.7. The first-order valence-corrected chi connectivity index (χ1v) is 7.86. The Balaban J connectivity index is 1.71. The van der Waals surface area contributed by atoms with Crippen molar-refractivity contribution in [1.29, 1.82) is 0 Å². The summed E-state index contributed by atoms with van der Waals surface area (Å²) in [6.07, 6.45) is 1.55. The van der Waals surface area contributed by atoms with Crippen LogP contribution in [0, 0.1) is 5.41 Å². The number of hydrogen-bond acceptors (Lipinski definition) is 8. The standard InChI is InChI=1S/C15H20N2O6/c1-3-20-11(18)9-7-22-13(16-9)15(5-6-15)14-17-10(8-23-14)12(19)21-4-2/h9-10H,3-8H2,1-2H3/t9-,10-/m1/s1. The third-order valence-electron chi connectivity index (χ3n) is 3.99. The molecule has 2 aliphatic heterocycles. The summed E-state index contributed by atoms with van der Waals surface area (Å²) in [6, 6.07) is -1.27. The van der Waals surface area contributed by atoms with E-state index in [9.17, 15) is 9.59 Å². The average Bonchev–Trinajstić information content (AvgIpc) is 3.01. The van der Waals surface area contributed by atoms with E-state index in [4.69, 9.17) is 18.9 Å². The Morgan fingerprint density at radius 3 is 1.78 bits per heavy atom. The van der Waals surface area contributed by atoms with Crippen molar-refractivity contribution in [2.24, 2.45) is 15.4 Å². The van der Waals surface area contributed by atoms with Crippen LogP contribution in [0.15, 0.2) is 9.98 Å². The molecule has 0 N–H and O–H groups in total. The van der Waals surface area contributed by atoms with Crippen LogP contribution in [0.25, 0.3) is 0 Å². The topological polar surface area (TPSA) is 95.8 Å². The van der Waals surface area contributed by atoms with Crippen molar-refractivity contribution in [2.45, 2.75) is 38.8 Å². The molecule has 23 heavy (non-hydrogen) atoms. The Hall–Kier alpha value is -2.12. The van der Waals surface area contributed by atoms with Gasteiger partial charge in [0.25, 0.3) is 0 Å². The predicted octanol–water partition coefficient (Wildman–Crippen LogP) is 0.487. The molecule has 1 fully saturated rings. The van der Waals surface area contributed by atoms with Gasteiger partial charge >= 0.3 is 11.9 Å². The van der Waals surface area contributed by atoms with Gasteiger partial charge in [-0.3, -0.25) is 0 Å². The van der Waals surface area contributed by atoms with Gasteiger partial charge in [0.15, 0.2) is 23.9 Å². The molecule has 0 radical (unpaired) electrons. The highest BCUT2D eigenvalue weighted by atomic mass is 16.6. The molecular weight excluding hydrogens is 304 g/mol. The second-order valence-electron chi connectivity index (χ2n) is 5.61. The lowest BCUT2D eigenvalue weighted by Crippen LogP contribution is -2.26. The van der Waals surface area contributed by atoms with E-state index in [1.54, 1.807) is 13.8 Å². The average molecular weight is 324 g/mol. The van der Waals surface area contributed by atoms with Gasteiger partial charge in [0, 0.05) is 0 Å². The summed E-state index contributed by atoms with van der Waals surface area (Å²) in [5.74, 6) is 0.131. The lowest BCUT2D eigenvalue weighted by atomic mass is 10.1. The molecule has 1 saturated carbocycles. The minimum absolute atomic E-state index is 0.171. The van der Waals surface area contributed by atoms with Crippen LogP contribution in [-0.4, -0.2) is 62.2 Å². The van der Waals surface area contributed by atoms with Gasteiger partial charge in [-0.15, -0.1) is 0 Å². The third-order valence-corrected chi connectivity index (χ3v) is 3.99. The van der Waals surface area contributed by atoms with E-state index in [1.807, 2.05) is 0 Å². The van der Waals surface area contributed by atoms with Gasteiger partial charge in [0.05, 0.1) is 13.2 Å². The quantitative estimate of drug-likeness (QED) is 0.660. The van der Waals surface area contributed by atoms with Crippen molar-refractivity contribution in [3.8, 4) is 0 Å². The molecule has 126 valence electrons. The Morgan fingerprint density at radius 2 is 1.43 bits per heavy atom. The van der Waals surface area contributed by atoms with Crippen LogP contribution >= 0.6 is 0 Å². The largest absolute Gasteiger partial charge is 0.477 e. The lowest BCUT2D eigenvalue weighted by Gasteiger charge is -2.13. The summed E-state index contributed by atoms with van der Waals surface area (Å²) in [7, 11) is 0. The normalized spacial score (nSPS) is 27.4. The van der Waals surface area contributed by atoms with Crippen molar-refractivity contribution in [1.82, 2.24) is 0 Å². The number of esters is 2. The van der Waals surface area contributed by atoms with E-state index in [-0.39, 0.29) is 13.2 Å². The Bertz CT molecular complexity index is 520. The molecule has 8 heteroatoms. The second kappa shape index (κ2) is 6.17. The summed E-state index contributed by atoms with van der Waals surface area (Å²) in [6.45, 7) is 4.45. The first-order chi connectivity index (χ1) is 11.1. The zero-order valence-corrected chi connectivity index (χ0v) is 13.2. The number of ether oxygens (including phenoxy) is 4. The smallest absolute Gasteiger partial charge is 0.334 e. The van der Waals surface area contributed by atoms with Crippen molar-refractivity contribution in [3.63, 3.8) is 0 Å². The molecule has 0 amide bonds. The van der Waals surface area contributed by atoms with Crippen LogP contribution in [0.4, 0.5) is 0 Å². The number of nitrogens with zero attached hydrogens (tertiary/aromatic N) is 2. The molecule has 0 spiro atoms. The fourth-order valence-electron chi connectivity index (χ4n) is 2.63. The summed E-state index contributed by atoms with van der Waals surface area (Å²) in [5, 5.41) is 0. The summed E-state index contributed by atoms with van der Waals surface area (Å²) >= 11 is 0. The molecule has 3 aliphatic rings. The number of carbonyl (C=O) groups excluding carboxylic acids is 2. The van der Waals surface area contributed by atoms with E-state index in [0.717, 1.165) is 12.8 Å². The van der Waals surface area contributed by atoms with Gasteiger partial charge in [-0.2, -0.15) is 0 Å². The monoisotopic (exact) mass is 324 g/mol. The van der Waals surface area contributed by atoms with E-state index in [2.05, 4.69) is 9.98 Å². The van der Waals surface area contributed by atoms with E-state index >= 15 is 0 Å². The maximum Gasteiger partial charge on any atom is 0.334 e. The van der Waals surface area contributed by atoms with Crippen molar-refractivity contribution < 1.29 is 28.5 Å². The minimum atomic E-state index is -0.634. The molecule has 0 aromatic carbocycles. The van der Waals surface area contributed by atoms with E-state index in [0.29, 0.717) is 25.0 Å². The predicted molar refractivity (Wildman–Crippen MR) is 79.3 cm³/mol. The van der Waals surface area contributed by atoms with Crippen molar-refractivity contribution in [3.05, 3.63) is 0 Å². The second-order valence-corrected chi connectivity index (χ2v) is 5.61. The molecule has 0 saturated heterocycles. The minimum Gasteiger partial charge on any atom is -0.477 e. The number of rotatable bonds is 6. The number of hydrogen-bond donors (Lipinski definition) is 0. The van der Waals surface area contributed by atoms with Gasteiger partial charge in [-0.05, 0) is 26.7 Å². The van der Waals surface area contributed by atoms with Crippen molar-refractivity contribution >= 4 is 23.7 Å². The Kier molecular flexibility index (Phi) is 4.23.